The fraction of sp³-hybridized carbons (Fsp3) is 0.833. The van der Waals surface area contributed by atoms with Crippen molar-refractivity contribution in [2.75, 3.05) is 209 Å². The Bertz CT molecular complexity index is 2160. The van der Waals surface area contributed by atoms with Gasteiger partial charge in [-0.15, -0.1) is 0 Å². The van der Waals surface area contributed by atoms with E-state index < -0.39 is 59.8 Å². The third-order valence-electron chi connectivity index (χ3n) is 16.1. The summed E-state index contributed by atoms with van der Waals surface area (Å²) in [6.07, 6.45) is 3.50. The largest absolute Gasteiger partial charge is 0.480 e. The first-order chi connectivity index (χ1) is 42.8. The molecule has 4 unspecified atom stereocenters. The zero-order valence-corrected chi connectivity index (χ0v) is 54.9. The van der Waals surface area contributed by atoms with Crippen LogP contribution in [-0.2, 0) is 47.9 Å². The van der Waals surface area contributed by atoms with Crippen molar-refractivity contribution in [3.05, 3.63) is 0 Å². The first-order valence-corrected chi connectivity index (χ1v) is 32.1. The van der Waals surface area contributed by atoms with Crippen molar-refractivity contribution in [2.24, 2.45) is 23.7 Å². The summed E-state index contributed by atoms with van der Waals surface area (Å²) in [4.78, 5) is 135. The van der Waals surface area contributed by atoms with Gasteiger partial charge < -0.3 is 61.1 Å². The van der Waals surface area contributed by atoms with E-state index in [-0.39, 0.29) is 83.1 Å². The SMILES string of the molecule is CC(C)CC1CN(CC(=O)O)CCN(CC(=O)O)CCCN(CC(=O)O)CCN(CC(=O)O)C1.CC(C)CC1CN2CCN(CCCN(CC(=O)O)CC2)CCN(CC(=O)O)C1.CC(C)NC(=O)CCC(C(=O)O)N1CCN(CC(=O)O)CCN(CC(=O)O)CC1. The predicted molar refractivity (Wildman–Crippen MR) is 336 cm³/mol. The summed E-state index contributed by atoms with van der Waals surface area (Å²) in [5, 5.41) is 86.4. The molecule has 524 valence electrons. The quantitative estimate of drug-likeness (QED) is 0.0490. The van der Waals surface area contributed by atoms with Crippen LogP contribution in [0.4, 0.5) is 0 Å². The highest BCUT2D eigenvalue weighted by molar-refractivity contribution is 5.78. The monoisotopic (exact) mass is 1300 g/mol. The molecule has 0 aliphatic carbocycles. The van der Waals surface area contributed by atoms with Crippen molar-refractivity contribution in [3.8, 4) is 0 Å². The van der Waals surface area contributed by atoms with Gasteiger partial charge in [-0.25, -0.2) is 0 Å². The lowest BCUT2D eigenvalue weighted by atomic mass is 9.95. The van der Waals surface area contributed by atoms with Gasteiger partial charge in [0.15, 0.2) is 0 Å². The van der Waals surface area contributed by atoms with Crippen LogP contribution < -0.4 is 5.32 Å². The Morgan fingerprint density at radius 3 is 0.967 bits per heavy atom. The van der Waals surface area contributed by atoms with E-state index in [1.165, 1.54) is 0 Å². The maximum absolute atomic E-state index is 11.9. The van der Waals surface area contributed by atoms with E-state index >= 15 is 0 Å². The van der Waals surface area contributed by atoms with Crippen LogP contribution in [0.5, 0.6) is 0 Å². The summed E-state index contributed by atoms with van der Waals surface area (Å²) < 4.78 is 0. The Balaban J connectivity index is 0.000000468. The van der Waals surface area contributed by atoms with Crippen LogP contribution in [-0.4, -0.2) is 381 Å². The number of nitrogens with one attached hydrogen (secondary N) is 1. The van der Waals surface area contributed by atoms with Crippen molar-refractivity contribution in [1.82, 2.24) is 59.2 Å². The molecule has 1 amide bonds. The Labute approximate surface area is 536 Å². The molecule has 2 bridgehead atoms. The van der Waals surface area contributed by atoms with Crippen LogP contribution in [0.15, 0.2) is 0 Å². The van der Waals surface area contributed by atoms with Gasteiger partial charge in [0, 0.05) is 163 Å². The molecule has 0 saturated carbocycles. The van der Waals surface area contributed by atoms with Gasteiger partial charge in [-0.1, -0.05) is 27.7 Å². The topological polar surface area (TPSA) is 400 Å². The average molecular weight is 1300 g/mol. The second-order valence-electron chi connectivity index (χ2n) is 25.7. The molecule has 4 heterocycles. The molecule has 4 rings (SSSR count). The highest BCUT2D eigenvalue weighted by Gasteiger charge is 2.31. The van der Waals surface area contributed by atoms with Crippen LogP contribution in [0, 0.1) is 23.7 Å². The molecule has 0 spiro atoms. The van der Waals surface area contributed by atoms with E-state index in [1.54, 1.807) is 34.3 Å². The van der Waals surface area contributed by atoms with Gasteiger partial charge in [0.05, 0.1) is 52.4 Å². The number of amides is 1. The third kappa shape index (κ3) is 40.1. The van der Waals surface area contributed by atoms with Gasteiger partial charge in [0.1, 0.15) is 6.04 Å². The maximum atomic E-state index is 11.9. The zero-order valence-electron chi connectivity index (χ0n) is 54.9. The second kappa shape index (κ2) is 44.7. The smallest absolute Gasteiger partial charge is 0.320 e. The Hall–Kier alpha value is -5.74. The van der Waals surface area contributed by atoms with E-state index in [2.05, 4.69) is 52.6 Å². The molecule has 4 atom stereocenters. The van der Waals surface area contributed by atoms with Gasteiger partial charge in [-0.3, -0.25) is 92.0 Å². The third-order valence-corrected chi connectivity index (χ3v) is 16.1. The van der Waals surface area contributed by atoms with Crippen molar-refractivity contribution < 1.29 is 93.9 Å². The minimum Gasteiger partial charge on any atom is -0.480 e. The Morgan fingerprint density at radius 2 is 0.615 bits per heavy atom. The number of fused-ring (bicyclic) bond motifs is 3. The first-order valence-electron chi connectivity index (χ1n) is 32.1. The number of nitrogens with zero attached hydrogens (tertiary/aromatic N) is 11. The summed E-state index contributed by atoms with van der Waals surface area (Å²) in [5.74, 6) is -7.38. The molecule has 31 nitrogen and oxygen atoms in total. The van der Waals surface area contributed by atoms with E-state index in [1.807, 2.05) is 13.8 Å². The molecule has 4 aliphatic heterocycles. The predicted octanol–water partition coefficient (Wildman–Crippen LogP) is -1.12. The van der Waals surface area contributed by atoms with Gasteiger partial charge in [-0.2, -0.15) is 0 Å². The van der Waals surface area contributed by atoms with E-state index in [4.69, 9.17) is 10.2 Å². The molecule has 0 aromatic rings. The van der Waals surface area contributed by atoms with Crippen LogP contribution in [0.3, 0.4) is 0 Å². The standard InChI is InChI=1S/C22H40N4O8.C20H38N4O4.C18H32N4O7/c1-17(2)10-18-11-25(15-21(31)32)8-6-23(13-19(27)28)4-3-5-24(14-20(29)30)7-9-26(12-18)16-22(33)34;1-17(2)12-18-13-23-8-6-21(7-11-24(14-18)16-20(27)28)4-3-5-22(9-10-23)15-19(25)26;1-13(2)19-15(23)4-3-14(18(28)29)22-9-7-20(11-16(24)25)5-6-21(8-10-22)12-17(26)27/h17-18H,3-16H2,1-2H3,(H,27,28)(H,29,30)(H,31,32)(H,33,34);17-18H,3-16H2,1-2H3,(H,25,26)(H,27,28);13-14H,3-12H2,1-2H3,(H,19,23)(H,24,25)(H,26,27)(H,28,29). The lowest BCUT2D eigenvalue weighted by Gasteiger charge is -2.38. The van der Waals surface area contributed by atoms with E-state index in [0.29, 0.717) is 116 Å². The fourth-order valence-electron chi connectivity index (χ4n) is 12.2. The molecular weight excluding hydrogens is 1190 g/mol. The number of aliphatic carboxylic acids is 9. The molecule has 0 aromatic carbocycles. The molecule has 4 saturated heterocycles. The number of rotatable bonds is 26. The maximum Gasteiger partial charge on any atom is 0.320 e. The molecule has 4 fully saturated rings. The number of carboxylic acids is 9. The lowest BCUT2D eigenvalue weighted by molar-refractivity contribution is -0.145. The van der Waals surface area contributed by atoms with Crippen molar-refractivity contribution in [2.45, 2.75) is 92.2 Å². The van der Waals surface area contributed by atoms with Crippen LogP contribution in [0.25, 0.3) is 0 Å². The molecule has 10 N–H and O–H groups in total. The summed E-state index contributed by atoms with van der Waals surface area (Å²) in [5.41, 5.74) is 0. The van der Waals surface area contributed by atoms with Crippen molar-refractivity contribution in [1.29, 1.82) is 0 Å². The number of carboxylic acid groups (broad SMARTS) is 9. The molecule has 0 aromatic heterocycles. The number of hydrogen-bond donors (Lipinski definition) is 10. The van der Waals surface area contributed by atoms with E-state index in [0.717, 1.165) is 84.7 Å². The van der Waals surface area contributed by atoms with Crippen LogP contribution >= 0.6 is 0 Å². The second-order valence-corrected chi connectivity index (χ2v) is 25.7. The van der Waals surface area contributed by atoms with Gasteiger partial charge in [-0.05, 0) is 76.2 Å². The minimum atomic E-state index is -1.06. The first kappa shape index (κ1) is 81.4. The van der Waals surface area contributed by atoms with Gasteiger partial charge in [0.2, 0.25) is 5.91 Å². The summed E-state index contributed by atoms with van der Waals surface area (Å²) >= 11 is 0. The van der Waals surface area contributed by atoms with Gasteiger partial charge in [0.25, 0.3) is 0 Å². The highest BCUT2D eigenvalue weighted by atomic mass is 16.4. The number of hydrogen-bond acceptors (Lipinski definition) is 21. The number of carbonyl (C=O) groups is 10. The summed E-state index contributed by atoms with van der Waals surface area (Å²) in [6.45, 7) is 25.3. The lowest BCUT2D eigenvalue weighted by Crippen LogP contribution is -2.50. The zero-order chi connectivity index (χ0) is 68.2. The van der Waals surface area contributed by atoms with Crippen molar-refractivity contribution >= 4 is 59.6 Å². The van der Waals surface area contributed by atoms with Crippen LogP contribution in [0.1, 0.15) is 80.1 Å². The average Bonchev–Trinajstić information content (AvgIpc) is 2.35. The molecular formula is C60H110N12O19. The number of carbonyl (C=O) groups excluding carboxylic acids is 1. The summed E-state index contributed by atoms with van der Waals surface area (Å²) in [7, 11) is 0. The fourth-order valence-corrected chi connectivity index (χ4v) is 12.2. The molecule has 31 heteroatoms. The minimum absolute atomic E-state index is 0.00230. The summed E-state index contributed by atoms with van der Waals surface area (Å²) in [6, 6.07) is -0.950. The normalized spacial score (nSPS) is 22.1. The Kier molecular flexibility index (Phi) is 40.0. The molecule has 4 aliphatic rings. The molecule has 0 radical (unpaired) electrons. The highest BCUT2D eigenvalue weighted by Crippen LogP contribution is 2.19. The van der Waals surface area contributed by atoms with Gasteiger partial charge >= 0.3 is 53.7 Å². The molecule has 91 heavy (non-hydrogen) atoms. The van der Waals surface area contributed by atoms with E-state index in [9.17, 15) is 83.7 Å². The Morgan fingerprint density at radius 1 is 0.341 bits per heavy atom. The van der Waals surface area contributed by atoms with Crippen LogP contribution in [0.2, 0.25) is 0 Å². The van der Waals surface area contributed by atoms with Crippen molar-refractivity contribution in [3.63, 3.8) is 0 Å².